The number of benzene rings is 1. The second-order valence-corrected chi connectivity index (χ2v) is 5.65. The molecule has 1 aromatic heterocycles. The number of nitrogens with zero attached hydrogens (tertiary/aromatic N) is 1. The molecular weight excluding hydrogens is 252 g/mol. The van der Waals surface area contributed by atoms with E-state index in [1.165, 1.54) is 12.0 Å². The molecule has 0 aliphatic rings. The summed E-state index contributed by atoms with van der Waals surface area (Å²) in [5, 5.41) is 3.35. The highest BCUT2D eigenvalue weighted by Crippen LogP contribution is 2.24. The molecule has 0 radical (unpaired) electrons. The molecule has 1 atom stereocenters. The third-order valence-electron chi connectivity index (χ3n) is 3.79. The Morgan fingerprint density at radius 1 is 1.30 bits per heavy atom. The van der Waals surface area contributed by atoms with Gasteiger partial charge >= 0.3 is 5.76 Å². The third kappa shape index (κ3) is 2.96. The number of hydrogen-bond donors (Lipinski definition) is 1. The zero-order chi connectivity index (χ0) is 14.7. The second-order valence-electron chi connectivity index (χ2n) is 5.65. The largest absolute Gasteiger partial charge is 0.419 e. The van der Waals surface area contributed by atoms with Crippen LogP contribution in [0.2, 0.25) is 0 Å². The average Bonchev–Trinajstić information content (AvgIpc) is 2.73. The van der Waals surface area contributed by atoms with Crippen LogP contribution < -0.4 is 11.1 Å². The van der Waals surface area contributed by atoms with Crippen molar-refractivity contribution in [2.45, 2.75) is 46.2 Å². The van der Waals surface area contributed by atoms with Crippen LogP contribution in [0.1, 0.15) is 45.2 Å². The zero-order valence-electron chi connectivity index (χ0n) is 12.8. The van der Waals surface area contributed by atoms with Crippen LogP contribution in [-0.4, -0.2) is 11.6 Å². The lowest BCUT2D eigenvalue weighted by molar-refractivity contribution is 0.464. The Morgan fingerprint density at radius 3 is 2.65 bits per heavy atom. The van der Waals surface area contributed by atoms with Gasteiger partial charge in [-0.15, -0.1) is 0 Å². The van der Waals surface area contributed by atoms with E-state index in [1.807, 2.05) is 26.1 Å². The van der Waals surface area contributed by atoms with Crippen LogP contribution >= 0.6 is 0 Å². The number of fused-ring (bicyclic) bond motifs is 1. The maximum Gasteiger partial charge on any atom is 0.419 e. The number of nitrogens with one attached hydrogen (secondary N) is 1. The summed E-state index contributed by atoms with van der Waals surface area (Å²) in [4.78, 5) is 11.7. The van der Waals surface area contributed by atoms with E-state index >= 15 is 0 Å². The quantitative estimate of drug-likeness (QED) is 0.880. The predicted octanol–water partition coefficient (Wildman–Crippen LogP) is 3.31. The van der Waals surface area contributed by atoms with E-state index in [1.54, 1.807) is 4.57 Å². The van der Waals surface area contributed by atoms with Crippen molar-refractivity contribution < 1.29 is 4.42 Å². The van der Waals surface area contributed by atoms with E-state index in [0.717, 1.165) is 11.9 Å². The highest BCUT2D eigenvalue weighted by atomic mass is 16.4. The van der Waals surface area contributed by atoms with Gasteiger partial charge in [-0.1, -0.05) is 19.9 Å². The topological polar surface area (TPSA) is 47.2 Å². The molecule has 110 valence electrons. The molecule has 0 saturated heterocycles. The number of hydrogen-bond acceptors (Lipinski definition) is 3. The molecule has 1 N–H and O–H groups in total. The van der Waals surface area contributed by atoms with E-state index in [2.05, 4.69) is 25.2 Å². The standard InChI is InChI=1S/C16H24N2O2/c1-5-18-14-9-7-12(10-15(14)20-16(18)19)13(17-4)8-6-11(2)3/h7,9-11,13,17H,5-6,8H2,1-4H3. The van der Waals surface area contributed by atoms with Crippen LogP contribution in [0.15, 0.2) is 27.4 Å². The minimum Gasteiger partial charge on any atom is -0.408 e. The molecule has 2 rings (SSSR count). The smallest absolute Gasteiger partial charge is 0.408 e. The predicted molar refractivity (Wildman–Crippen MR) is 82.0 cm³/mol. The van der Waals surface area contributed by atoms with Gasteiger partial charge in [0.2, 0.25) is 0 Å². The Morgan fingerprint density at radius 2 is 2.05 bits per heavy atom. The maximum atomic E-state index is 11.7. The van der Waals surface area contributed by atoms with Crippen molar-refractivity contribution >= 4 is 11.1 Å². The Hall–Kier alpha value is -1.55. The maximum absolute atomic E-state index is 11.7. The highest BCUT2D eigenvalue weighted by molar-refractivity contribution is 5.73. The summed E-state index contributed by atoms with van der Waals surface area (Å²) < 4.78 is 6.98. The van der Waals surface area contributed by atoms with E-state index in [-0.39, 0.29) is 5.76 Å². The zero-order valence-corrected chi connectivity index (χ0v) is 12.8. The second kappa shape index (κ2) is 6.27. The highest BCUT2D eigenvalue weighted by Gasteiger charge is 2.14. The van der Waals surface area contributed by atoms with Crippen molar-refractivity contribution in [3.8, 4) is 0 Å². The minimum atomic E-state index is -0.275. The van der Waals surface area contributed by atoms with Crippen LogP contribution in [0.5, 0.6) is 0 Å². The molecule has 2 aromatic rings. The molecule has 1 heterocycles. The van der Waals surface area contributed by atoms with Gasteiger partial charge in [-0.05, 0) is 50.4 Å². The summed E-state index contributed by atoms with van der Waals surface area (Å²) in [6, 6.07) is 6.37. The first-order valence-electron chi connectivity index (χ1n) is 7.37. The van der Waals surface area contributed by atoms with Crippen molar-refractivity contribution in [1.82, 2.24) is 9.88 Å². The SMILES string of the molecule is CCn1c(=O)oc2cc(C(CCC(C)C)NC)ccc21. The van der Waals surface area contributed by atoms with Gasteiger partial charge in [0.1, 0.15) is 0 Å². The van der Waals surface area contributed by atoms with Crippen molar-refractivity contribution in [2.75, 3.05) is 7.05 Å². The summed E-state index contributed by atoms with van der Waals surface area (Å²) in [5.41, 5.74) is 2.73. The Bertz CT molecular complexity index is 625. The summed E-state index contributed by atoms with van der Waals surface area (Å²) in [6.07, 6.45) is 2.25. The Balaban J connectivity index is 2.32. The first-order chi connectivity index (χ1) is 9.56. The van der Waals surface area contributed by atoms with Gasteiger partial charge in [-0.2, -0.15) is 0 Å². The molecule has 0 aliphatic carbocycles. The van der Waals surface area contributed by atoms with E-state index in [0.29, 0.717) is 24.1 Å². The van der Waals surface area contributed by atoms with Gasteiger partial charge in [0.25, 0.3) is 0 Å². The van der Waals surface area contributed by atoms with Gasteiger partial charge < -0.3 is 9.73 Å². The van der Waals surface area contributed by atoms with Crippen LogP contribution in [0, 0.1) is 5.92 Å². The molecule has 0 spiro atoms. The fraction of sp³-hybridized carbons (Fsp3) is 0.562. The molecule has 0 saturated carbocycles. The van der Waals surface area contributed by atoms with E-state index < -0.39 is 0 Å². The first-order valence-corrected chi connectivity index (χ1v) is 7.37. The number of aromatic nitrogens is 1. The van der Waals surface area contributed by atoms with Crippen LogP contribution in [0.25, 0.3) is 11.1 Å². The Labute approximate surface area is 119 Å². The van der Waals surface area contributed by atoms with Crippen molar-refractivity contribution in [3.05, 3.63) is 34.3 Å². The van der Waals surface area contributed by atoms with Crippen molar-refractivity contribution in [3.63, 3.8) is 0 Å². The third-order valence-corrected chi connectivity index (χ3v) is 3.79. The van der Waals surface area contributed by atoms with Crippen molar-refractivity contribution in [2.24, 2.45) is 5.92 Å². The summed E-state index contributed by atoms with van der Waals surface area (Å²) in [5.74, 6) is 0.413. The minimum absolute atomic E-state index is 0.275. The van der Waals surface area contributed by atoms with Gasteiger partial charge in [0.15, 0.2) is 5.58 Å². The molecule has 0 bridgehead atoms. The number of aryl methyl sites for hydroxylation is 1. The van der Waals surface area contributed by atoms with Gasteiger partial charge in [0, 0.05) is 12.6 Å². The first kappa shape index (κ1) is 14.9. The lowest BCUT2D eigenvalue weighted by Gasteiger charge is -2.17. The molecule has 1 aromatic carbocycles. The van der Waals surface area contributed by atoms with Crippen molar-refractivity contribution in [1.29, 1.82) is 0 Å². The van der Waals surface area contributed by atoms with Gasteiger partial charge in [-0.3, -0.25) is 4.57 Å². The van der Waals surface area contributed by atoms with Gasteiger partial charge in [-0.25, -0.2) is 4.79 Å². The van der Waals surface area contributed by atoms with Crippen LogP contribution in [0.4, 0.5) is 0 Å². The summed E-state index contributed by atoms with van der Waals surface area (Å²) >= 11 is 0. The summed E-state index contributed by atoms with van der Waals surface area (Å²) in [6.45, 7) is 7.05. The lowest BCUT2D eigenvalue weighted by atomic mass is 9.97. The fourth-order valence-electron chi connectivity index (χ4n) is 2.58. The molecule has 4 nitrogen and oxygen atoms in total. The Kier molecular flexibility index (Phi) is 4.65. The normalized spacial score (nSPS) is 13.2. The molecule has 1 unspecified atom stereocenters. The molecule has 4 heteroatoms. The molecule has 0 aliphatic heterocycles. The number of oxazole rings is 1. The molecule has 0 fully saturated rings. The monoisotopic (exact) mass is 276 g/mol. The number of rotatable bonds is 6. The molecule has 20 heavy (non-hydrogen) atoms. The van der Waals surface area contributed by atoms with Crippen LogP contribution in [-0.2, 0) is 6.54 Å². The molecular formula is C16H24N2O2. The fourth-order valence-corrected chi connectivity index (χ4v) is 2.58. The van der Waals surface area contributed by atoms with E-state index in [9.17, 15) is 4.79 Å². The average molecular weight is 276 g/mol. The van der Waals surface area contributed by atoms with E-state index in [4.69, 9.17) is 4.42 Å². The van der Waals surface area contributed by atoms with Gasteiger partial charge in [0.05, 0.1) is 5.52 Å². The summed E-state index contributed by atoms with van der Waals surface area (Å²) in [7, 11) is 1.97. The molecule has 0 amide bonds. The van der Waals surface area contributed by atoms with Crippen LogP contribution in [0.3, 0.4) is 0 Å². The lowest BCUT2D eigenvalue weighted by Crippen LogP contribution is -2.17.